The first-order valence-electron chi connectivity index (χ1n) is 25.2. The van der Waals surface area contributed by atoms with E-state index in [4.69, 9.17) is 4.42 Å². The summed E-state index contributed by atoms with van der Waals surface area (Å²) in [7, 11) is 2.52. The van der Waals surface area contributed by atoms with E-state index >= 15 is 0 Å². The molecular weight excluding hydrogens is 836 g/mol. The maximum Gasteiger partial charge on any atom is 0.197 e. The molecule has 4 heteroatoms. The van der Waals surface area contributed by atoms with Gasteiger partial charge in [0.25, 0.3) is 0 Å². The predicted molar refractivity (Wildman–Crippen MR) is 295 cm³/mol. The molecule has 1 aromatic heterocycles. The van der Waals surface area contributed by atoms with Crippen molar-refractivity contribution in [2.45, 2.75) is 110 Å². The van der Waals surface area contributed by atoms with Crippen LogP contribution in [-0.4, -0.2) is 7.28 Å². The molecule has 0 saturated heterocycles. The fraction of sp³-hybridized carbons (Fsp3) is 0.262. The van der Waals surface area contributed by atoms with Crippen LogP contribution in [-0.2, 0) is 21.7 Å². The standard InChI is InChI=1S/C65H62BN2O/c1-40-34-49-51(64(6,7)32-30-62(49,2)3)38-55(40)68-56-39-52-50(63(4,5)31-33-65(52,8)9)37-53(56)66-60-48(36-58-59(61(60)68)46-22-16-17-23-57(46)69-58)47-35-44(42-20-14-11-15-21-42)26-29-54(47)67-45-27-24-43(25-28-45)41-18-12-10-13-19-41/h10-29,34-39,67H,30-33H2,1-9H3. The number of nitrogens with zero attached hydrogens (tertiary/aromatic N) is 1. The molecule has 1 radical (unpaired) electrons. The molecule has 1 N–H and O–H groups in total. The van der Waals surface area contributed by atoms with Gasteiger partial charge < -0.3 is 14.6 Å². The Balaban J connectivity index is 1.17. The molecular formula is C65H62BN2O. The molecule has 8 aromatic carbocycles. The van der Waals surface area contributed by atoms with Crippen molar-refractivity contribution in [3.05, 3.63) is 186 Å². The topological polar surface area (TPSA) is 28.4 Å². The van der Waals surface area contributed by atoms with Crippen molar-refractivity contribution in [1.82, 2.24) is 0 Å². The van der Waals surface area contributed by atoms with Crippen LogP contribution in [0.1, 0.15) is 109 Å². The molecule has 0 spiro atoms. The summed E-state index contributed by atoms with van der Waals surface area (Å²) in [5.41, 5.74) is 24.3. The molecule has 9 aromatic rings. The average Bonchev–Trinajstić information content (AvgIpc) is 3.73. The summed E-state index contributed by atoms with van der Waals surface area (Å²) >= 11 is 0. The van der Waals surface area contributed by atoms with E-state index in [-0.39, 0.29) is 21.7 Å². The van der Waals surface area contributed by atoms with E-state index in [1.165, 1.54) is 78.9 Å². The van der Waals surface area contributed by atoms with Crippen molar-refractivity contribution in [2.24, 2.45) is 0 Å². The summed E-state index contributed by atoms with van der Waals surface area (Å²) in [4.78, 5) is 2.67. The van der Waals surface area contributed by atoms with Gasteiger partial charge in [-0.1, -0.05) is 170 Å². The summed E-state index contributed by atoms with van der Waals surface area (Å²) in [6.45, 7) is 21.9. The highest BCUT2D eigenvalue weighted by Gasteiger charge is 2.42. The minimum atomic E-state index is 0.0278. The largest absolute Gasteiger partial charge is 0.456 e. The van der Waals surface area contributed by atoms with E-state index in [2.05, 4.69) is 238 Å². The summed E-state index contributed by atoms with van der Waals surface area (Å²) in [5.74, 6) is 0. The van der Waals surface area contributed by atoms with Crippen molar-refractivity contribution in [3.8, 4) is 33.4 Å². The first kappa shape index (κ1) is 43.5. The van der Waals surface area contributed by atoms with Gasteiger partial charge in [-0.05, 0) is 164 Å². The van der Waals surface area contributed by atoms with E-state index in [0.717, 1.165) is 69.3 Å². The van der Waals surface area contributed by atoms with Gasteiger partial charge in [0.15, 0.2) is 7.28 Å². The van der Waals surface area contributed by atoms with Gasteiger partial charge >= 0.3 is 0 Å². The second kappa shape index (κ2) is 15.6. The molecule has 0 saturated carbocycles. The monoisotopic (exact) mass is 897 g/mol. The number of nitrogens with one attached hydrogen (secondary N) is 1. The molecule has 3 nitrogen and oxygen atoms in total. The zero-order valence-corrected chi connectivity index (χ0v) is 41.8. The van der Waals surface area contributed by atoms with Crippen LogP contribution in [0.2, 0.25) is 0 Å². The van der Waals surface area contributed by atoms with Crippen molar-refractivity contribution in [1.29, 1.82) is 0 Å². The van der Waals surface area contributed by atoms with Crippen LogP contribution in [0.25, 0.3) is 55.3 Å². The Kier molecular flexibility index (Phi) is 9.85. The fourth-order valence-corrected chi connectivity index (χ4v) is 12.1. The second-order valence-electron chi connectivity index (χ2n) is 23.0. The summed E-state index contributed by atoms with van der Waals surface area (Å²) in [6, 6.07) is 58.4. The number of aryl methyl sites for hydroxylation is 1. The molecule has 0 atom stereocenters. The highest BCUT2D eigenvalue weighted by atomic mass is 16.3. The SMILES string of the molecule is Cc1cc2c(cc1N1c3cc4c(cc3[B]c3c(-c5cc(-c6ccccc6)ccc5Nc5ccc(-c6ccccc6)cc5)cc5oc6ccccc6c5c31)C(C)(C)CCC4(C)C)C(C)(C)CCC2(C)C. The zero-order valence-electron chi connectivity index (χ0n) is 41.8. The summed E-state index contributed by atoms with van der Waals surface area (Å²) in [6.07, 6.45) is 4.63. The van der Waals surface area contributed by atoms with Gasteiger partial charge in [-0.3, -0.25) is 0 Å². The van der Waals surface area contributed by atoms with Crippen LogP contribution in [0.3, 0.4) is 0 Å². The molecule has 2 aliphatic carbocycles. The molecule has 0 unspecified atom stereocenters. The van der Waals surface area contributed by atoms with E-state index in [9.17, 15) is 0 Å². The lowest BCUT2D eigenvalue weighted by atomic mass is 9.55. The number of benzene rings is 8. The third kappa shape index (κ3) is 7.16. The Hall–Kier alpha value is -6.78. The van der Waals surface area contributed by atoms with Gasteiger partial charge in [0.05, 0.1) is 11.1 Å². The molecule has 1 aliphatic heterocycles. The molecule has 12 rings (SSSR count). The van der Waals surface area contributed by atoms with Crippen LogP contribution in [0.4, 0.5) is 28.4 Å². The van der Waals surface area contributed by atoms with Crippen LogP contribution < -0.4 is 21.1 Å². The van der Waals surface area contributed by atoms with Gasteiger partial charge in [-0.25, -0.2) is 0 Å². The maximum atomic E-state index is 7.05. The molecule has 69 heavy (non-hydrogen) atoms. The smallest absolute Gasteiger partial charge is 0.197 e. The Morgan fingerprint density at radius 2 is 1.00 bits per heavy atom. The minimum Gasteiger partial charge on any atom is -0.456 e. The molecule has 2 heterocycles. The Labute approximate surface area is 409 Å². The Morgan fingerprint density at radius 3 is 1.64 bits per heavy atom. The van der Waals surface area contributed by atoms with Crippen molar-refractivity contribution in [3.63, 3.8) is 0 Å². The van der Waals surface area contributed by atoms with E-state index in [0.29, 0.717) is 0 Å². The molecule has 0 amide bonds. The number of furan rings is 1. The van der Waals surface area contributed by atoms with Crippen LogP contribution >= 0.6 is 0 Å². The number of fused-ring (bicyclic) bond motifs is 8. The van der Waals surface area contributed by atoms with Gasteiger partial charge in [-0.2, -0.15) is 0 Å². The Bertz CT molecular complexity index is 3480. The minimum absolute atomic E-state index is 0.0278. The lowest BCUT2D eigenvalue weighted by Crippen LogP contribution is -2.44. The van der Waals surface area contributed by atoms with E-state index < -0.39 is 0 Å². The number of hydrogen-bond acceptors (Lipinski definition) is 3. The third-order valence-electron chi connectivity index (χ3n) is 16.5. The van der Waals surface area contributed by atoms with Crippen LogP contribution in [0.5, 0.6) is 0 Å². The first-order valence-corrected chi connectivity index (χ1v) is 25.2. The van der Waals surface area contributed by atoms with Crippen molar-refractivity contribution < 1.29 is 4.42 Å². The first-order chi connectivity index (χ1) is 33.1. The quantitative estimate of drug-likeness (QED) is 0.169. The van der Waals surface area contributed by atoms with Gasteiger partial charge in [0.2, 0.25) is 0 Å². The highest BCUT2D eigenvalue weighted by molar-refractivity contribution is 6.74. The third-order valence-corrected chi connectivity index (χ3v) is 16.5. The van der Waals surface area contributed by atoms with Gasteiger partial charge in [0, 0.05) is 33.7 Å². The average molecular weight is 898 g/mol. The predicted octanol–water partition coefficient (Wildman–Crippen LogP) is 16.8. The second-order valence-corrected chi connectivity index (χ2v) is 23.0. The van der Waals surface area contributed by atoms with Crippen molar-refractivity contribution in [2.75, 3.05) is 10.2 Å². The molecule has 0 fully saturated rings. The normalized spacial score (nSPS) is 17.1. The van der Waals surface area contributed by atoms with Gasteiger partial charge in [-0.15, -0.1) is 0 Å². The lowest BCUT2D eigenvalue weighted by molar-refractivity contribution is 0.331. The van der Waals surface area contributed by atoms with Crippen molar-refractivity contribution >= 4 is 68.6 Å². The van der Waals surface area contributed by atoms with Crippen LogP contribution in [0.15, 0.2) is 162 Å². The number of rotatable bonds is 6. The van der Waals surface area contributed by atoms with Gasteiger partial charge in [0.1, 0.15) is 11.2 Å². The summed E-state index contributed by atoms with van der Waals surface area (Å²) < 4.78 is 7.05. The fourth-order valence-electron chi connectivity index (χ4n) is 12.1. The zero-order chi connectivity index (χ0) is 47.6. The lowest BCUT2D eigenvalue weighted by Gasteiger charge is -2.45. The van der Waals surface area contributed by atoms with E-state index in [1.54, 1.807) is 0 Å². The number of anilines is 5. The van der Waals surface area contributed by atoms with Crippen LogP contribution in [0, 0.1) is 6.92 Å². The molecule has 0 bridgehead atoms. The summed E-state index contributed by atoms with van der Waals surface area (Å²) in [5, 5.41) is 6.21. The molecule has 341 valence electrons. The van der Waals surface area contributed by atoms with E-state index in [1.807, 2.05) is 0 Å². The number of hydrogen-bond donors (Lipinski definition) is 1. The molecule has 3 aliphatic rings. The maximum absolute atomic E-state index is 7.05. The highest BCUT2D eigenvalue weighted by Crippen LogP contribution is 2.54. The Morgan fingerprint density at radius 1 is 0.478 bits per heavy atom. The number of para-hydroxylation sites is 1.